The van der Waals surface area contributed by atoms with Gasteiger partial charge in [-0.3, -0.25) is 0 Å². The summed E-state index contributed by atoms with van der Waals surface area (Å²) in [5.74, 6) is -2.43. The van der Waals surface area contributed by atoms with Gasteiger partial charge in [0, 0.05) is 25.9 Å². The van der Waals surface area contributed by atoms with Crippen molar-refractivity contribution in [2.24, 2.45) is 0 Å². The Morgan fingerprint density at radius 2 is 2.05 bits per heavy atom. The van der Waals surface area contributed by atoms with Crippen LogP contribution in [0.5, 0.6) is 0 Å². The number of halogens is 1. The number of carbonyl (C=O) groups is 1. The smallest absolute Gasteiger partial charge is 0.338 e. The lowest BCUT2D eigenvalue weighted by Gasteiger charge is -2.21. The van der Waals surface area contributed by atoms with Crippen LogP contribution in [0.3, 0.4) is 0 Å². The highest BCUT2D eigenvalue weighted by Crippen LogP contribution is 2.26. The molecule has 6 nitrogen and oxygen atoms in total. The van der Waals surface area contributed by atoms with Crippen LogP contribution in [0.25, 0.3) is 0 Å². The van der Waals surface area contributed by atoms with E-state index in [0.717, 1.165) is 18.4 Å². The summed E-state index contributed by atoms with van der Waals surface area (Å²) in [4.78, 5) is 12.2. The molecular weight excluding hydrogens is 275 g/mol. The first-order valence-electron chi connectivity index (χ1n) is 5.33. The van der Waals surface area contributed by atoms with Crippen molar-refractivity contribution in [1.29, 1.82) is 0 Å². The van der Waals surface area contributed by atoms with Gasteiger partial charge in [0.15, 0.2) is 0 Å². The molecule has 19 heavy (non-hydrogen) atoms. The Labute approximate surface area is 110 Å². The first-order chi connectivity index (χ1) is 8.61. The van der Waals surface area contributed by atoms with Gasteiger partial charge in [-0.1, -0.05) is 0 Å². The highest BCUT2D eigenvalue weighted by Gasteiger charge is 2.16. The third-order valence-corrected chi connectivity index (χ3v) is 3.48. The van der Waals surface area contributed by atoms with E-state index in [-0.39, 0.29) is 23.7 Å². The minimum Gasteiger partial charge on any atom is -0.478 e. The molecule has 0 bridgehead atoms. The number of nitrogens with two attached hydrogens (primary N) is 1. The van der Waals surface area contributed by atoms with Crippen LogP contribution in [-0.4, -0.2) is 45.1 Å². The van der Waals surface area contributed by atoms with Crippen LogP contribution in [-0.2, 0) is 9.84 Å². The maximum absolute atomic E-state index is 13.5. The van der Waals surface area contributed by atoms with Crippen molar-refractivity contribution < 1.29 is 22.7 Å². The summed E-state index contributed by atoms with van der Waals surface area (Å²) in [5.41, 5.74) is 5.47. The summed E-state index contributed by atoms with van der Waals surface area (Å²) in [5, 5.41) is 8.74. The van der Waals surface area contributed by atoms with E-state index in [2.05, 4.69) is 0 Å². The molecule has 1 aromatic rings. The first kappa shape index (κ1) is 15.2. The number of sulfone groups is 1. The average Bonchev–Trinajstić information content (AvgIpc) is 2.27. The van der Waals surface area contributed by atoms with Crippen molar-refractivity contribution in [2.45, 2.75) is 0 Å². The molecule has 0 atom stereocenters. The Morgan fingerprint density at radius 3 is 2.53 bits per heavy atom. The van der Waals surface area contributed by atoms with Crippen LogP contribution in [0, 0.1) is 5.82 Å². The summed E-state index contributed by atoms with van der Waals surface area (Å²) in [6.07, 6.45) is 1.10. The highest BCUT2D eigenvalue weighted by atomic mass is 32.2. The molecular formula is C11H15FN2O4S. The van der Waals surface area contributed by atoms with Crippen molar-refractivity contribution >= 4 is 27.2 Å². The molecule has 0 aromatic heterocycles. The van der Waals surface area contributed by atoms with E-state index in [1.54, 1.807) is 7.05 Å². The van der Waals surface area contributed by atoms with E-state index < -0.39 is 27.2 Å². The summed E-state index contributed by atoms with van der Waals surface area (Å²) in [7, 11) is -1.59. The zero-order chi connectivity index (χ0) is 14.8. The number of benzene rings is 1. The van der Waals surface area contributed by atoms with Gasteiger partial charge in [0.2, 0.25) is 0 Å². The van der Waals surface area contributed by atoms with Crippen molar-refractivity contribution in [3.05, 3.63) is 23.5 Å². The van der Waals surface area contributed by atoms with Crippen LogP contribution < -0.4 is 10.6 Å². The Kier molecular flexibility index (Phi) is 4.35. The van der Waals surface area contributed by atoms with E-state index in [0.29, 0.717) is 0 Å². The minimum absolute atomic E-state index is 0.0785. The predicted octanol–water partition coefficient (Wildman–Crippen LogP) is 0.587. The molecule has 1 rings (SSSR count). The van der Waals surface area contributed by atoms with Crippen LogP contribution in [0.4, 0.5) is 15.8 Å². The molecule has 0 saturated heterocycles. The summed E-state index contributed by atoms with van der Waals surface area (Å²) < 4.78 is 35.6. The monoisotopic (exact) mass is 290 g/mol. The van der Waals surface area contributed by atoms with Crippen molar-refractivity contribution in [1.82, 2.24) is 0 Å². The SMILES string of the molecule is CN(CCS(C)(=O)=O)c1cc(F)c(C(=O)O)cc1N. The van der Waals surface area contributed by atoms with Crippen LogP contribution in [0.15, 0.2) is 12.1 Å². The number of hydrogen-bond donors (Lipinski definition) is 2. The van der Waals surface area contributed by atoms with Crippen LogP contribution >= 0.6 is 0 Å². The van der Waals surface area contributed by atoms with Gasteiger partial charge in [-0.2, -0.15) is 0 Å². The molecule has 8 heteroatoms. The summed E-state index contributed by atoms with van der Waals surface area (Å²) >= 11 is 0. The lowest BCUT2D eigenvalue weighted by atomic mass is 10.1. The zero-order valence-corrected chi connectivity index (χ0v) is 11.4. The van der Waals surface area contributed by atoms with E-state index >= 15 is 0 Å². The highest BCUT2D eigenvalue weighted by molar-refractivity contribution is 7.90. The normalized spacial score (nSPS) is 11.3. The average molecular weight is 290 g/mol. The standard InChI is InChI=1S/C11H15FN2O4S/c1-14(3-4-19(2,17)18)10-6-8(12)7(11(15)16)5-9(10)13/h5-6H,3-4,13H2,1-2H3,(H,15,16). The number of carboxylic acid groups (broad SMARTS) is 1. The second-order valence-electron chi connectivity index (χ2n) is 4.25. The fourth-order valence-electron chi connectivity index (χ4n) is 1.50. The van der Waals surface area contributed by atoms with E-state index in [1.165, 1.54) is 4.90 Å². The number of rotatable bonds is 5. The van der Waals surface area contributed by atoms with E-state index in [4.69, 9.17) is 10.8 Å². The minimum atomic E-state index is -3.14. The fourth-order valence-corrected chi connectivity index (χ4v) is 2.10. The second-order valence-corrected chi connectivity index (χ2v) is 6.51. The summed E-state index contributed by atoms with van der Waals surface area (Å²) in [6, 6.07) is 2.00. The molecule has 0 heterocycles. The fraction of sp³-hybridized carbons (Fsp3) is 0.364. The van der Waals surface area contributed by atoms with Gasteiger partial charge < -0.3 is 15.7 Å². The van der Waals surface area contributed by atoms with Gasteiger partial charge in [-0.25, -0.2) is 17.6 Å². The van der Waals surface area contributed by atoms with Crippen molar-refractivity contribution in [2.75, 3.05) is 36.2 Å². The molecule has 106 valence electrons. The number of nitrogen functional groups attached to an aromatic ring is 1. The number of anilines is 2. The van der Waals surface area contributed by atoms with Gasteiger partial charge in [0.25, 0.3) is 0 Å². The largest absolute Gasteiger partial charge is 0.478 e. The number of nitrogens with zero attached hydrogens (tertiary/aromatic N) is 1. The second kappa shape index (κ2) is 5.43. The predicted molar refractivity (Wildman–Crippen MR) is 70.8 cm³/mol. The third-order valence-electron chi connectivity index (χ3n) is 2.56. The van der Waals surface area contributed by atoms with Gasteiger partial charge in [0.1, 0.15) is 15.7 Å². The molecule has 0 radical (unpaired) electrons. The molecule has 3 N–H and O–H groups in total. The molecule has 0 saturated carbocycles. The third kappa shape index (κ3) is 4.09. The molecule has 0 fully saturated rings. The van der Waals surface area contributed by atoms with Crippen LogP contribution in [0.1, 0.15) is 10.4 Å². The van der Waals surface area contributed by atoms with Gasteiger partial charge >= 0.3 is 5.97 Å². The van der Waals surface area contributed by atoms with Crippen LogP contribution in [0.2, 0.25) is 0 Å². The number of hydrogen-bond acceptors (Lipinski definition) is 5. The topological polar surface area (TPSA) is 101 Å². The Morgan fingerprint density at radius 1 is 1.47 bits per heavy atom. The van der Waals surface area contributed by atoms with Gasteiger partial charge in [-0.05, 0) is 6.07 Å². The van der Waals surface area contributed by atoms with Crippen molar-refractivity contribution in [3.8, 4) is 0 Å². The molecule has 0 aliphatic carbocycles. The lowest BCUT2D eigenvalue weighted by molar-refractivity contribution is 0.0692. The molecule has 0 aliphatic heterocycles. The Hall–Kier alpha value is -1.83. The summed E-state index contributed by atoms with van der Waals surface area (Å²) in [6.45, 7) is 0.134. The maximum Gasteiger partial charge on any atom is 0.338 e. The molecule has 0 unspecified atom stereocenters. The Balaban J connectivity index is 3.02. The van der Waals surface area contributed by atoms with E-state index in [1.807, 2.05) is 0 Å². The lowest BCUT2D eigenvalue weighted by Crippen LogP contribution is -2.26. The first-order valence-corrected chi connectivity index (χ1v) is 7.39. The molecule has 0 spiro atoms. The van der Waals surface area contributed by atoms with Crippen molar-refractivity contribution in [3.63, 3.8) is 0 Å². The molecule has 0 aliphatic rings. The zero-order valence-electron chi connectivity index (χ0n) is 10.6. The van der Waals surface area contributed by atoms with E-state index in [9.17, 15) is 17.6 Å². The number of carboxylic acids is 1. The number of aromatic carboxylic acids is 1. The van der Waals surface area contributed by atoms with Gasteiger partial charge in [0.05, 0.1) is 22.7 Å². The van der Waals surface area contributed by atoms with Gasteiger partial charge in [-0.15, -0.1) is 0 Å². The maximum atomic E-state index is 13.5. The molecule has 1 aromatic carbocycles. The molecule has 0 amide bonds. The quantitative estimate of drug-likeness (QED) is 0.770. The Bertz CT molecular complexity index is 601.